The van der Waals surface area contributed by atoms with Gasteiger partial charge in [-0.05, 0) is 6.07 Å². The summed E-state index contributed by atoms with van der Waals surface area (Å²) >= 11 is 0. The van der Waals surface area contributed by atoms with Crippen LogP contribution >= 0.6 is 0 Å². The van der Waals surface area contributed by atoms with E-state index in [1.165, 1.54) is 12.4 Å². The van der Waals surface area contributed by atoms with E-state index in [1.807, 2.05) is 30.3 Å². The molecule has 2 heterocycles. The molecule has 24 heavy (non-hydrogen) atoms. The second kappa shape index (κ2) is 6.08. The highest BCUT2D eigenvalue weighted by molar-refractivity contribution is 5.93. The summed E-state index contributed by atoms with van der Waals surface area (Å²) in [7, 11) is 0. The van der Waals surface area contributed by atoms with Gasteiger partial charge >= 0.3 is 0 Å². The summed E-state index contributed by atoms with van der Waals surface area (Å²) in [6.07, 6.45) is 1.44. The van der Waals surface area contributed by atoms with E-state index in [0.717, 1.165) is 5.56 Å². The number of fused-ring (bicyclic) bond motifs is 1. The average Bonchev–Trinajstić information content (AvgIpc) is 3.06. The Hall–Kier alpha value is -3.28. The average molecular weight is 320 g/mol. The predicted molar refractivity (Wildman–Crippen MR) is 88.8 cm³/mol. The van der Waals surface area contributed by atoms with Crippen LogP contribution in [0.25, 0.3) is 22.4 Å². The highest BCUT2D eigenvalue weighted by atomic mass is 19.1. The zero-order valence-electron chi connectivity index (χ0n) is 12.6. The number of nitrogens with one attached hydrogen (secondary N) is 1. The first-order valence-corrected chi connectivity index (χ1v) is 7.46. The van der Waals surface area contributed by atoms with Crippen molar-refractivity contribution >= 4 is 16.9 Å². The van der Waals surface area contributed by atoms with Crippen molar-refractivity contribution in [2.24, 2.45) is 0 Å². The first-order valence-electron chi connectivity index (χ1n) is 7.46. The van der Waals surface area contributed by atoms with Crippen molar-refractivity contribution in [1.29, 1.82) is 0 Å². The summed E-state index contributed by atoms with van der Waals surface area (Å²) in [6.45, 7) is 0.292. The second-order valence-electron chi connectivity index (χ2n) is 5.24. The van der Waals surface area contributed by atoms with E-state index in [4.69, 9.17) is 4.52 Å². The lowest BCUT2D eigenvalue weighted by atomic mass is 10.1. The molecule has 0 bridgehead atoms. The Bertz CT molecular complexity index is 985. The van der Waals surface area contributed by atoms with Gasteiger partial charge in [-0.2, -0.15) is 0 Å². The van der Waals surface area contributed by atoms with Gasteiger partial charge in [-0.3, -0.25) is 0 Å². The van der Waals surface area contributed by atoms with E-state index < -0.39 is 0 Å². The molecule has 2 aromatic carbocycles. The van der Waals surface area contributed by atoms with Gasteiger partial charge in [0.1, 0.15) is 23.4 Å². The Labute approximate surface area is 137 Å². The smallest absolute Gasteiger partial charge is 0.228 e. The van der Waals surface area contributed by atoms with Crippen LogP contribution in [0, 0.1) is 5.82 Å². The Balaban J connectivity index is 1.68. The van der Waals surface area contributed by atoms with Gasteiger partial charge in [-0.15, -0.1) is 0 Å². The van der Waals surface area contributed by atoms with Crippen LogP contribution in [0.4, 0.5) is 10.2 Å². The number of rotatable bonds is 4. The highest BCUT2D eigenvalue weighted by Gasteiger charge is 2.16. The largest absolute Gasteiger partial charge is 0.363 e. The molecule has 0 saturated heterocycles. The lowest BCUT2D eigenvalue weighted by molar-refractivity contribution is 0.459. The summed E-state index contributed by atoms with van der Waals surface area (Å²) < 4.78 is 19.1. The Kier molecular flexibility index (Phi) is 3.63. The zero-order valence-corrected chi connectivity index (χ0v) is 12.6. The number of anilines is 1. The van der Waals surface area contributed by atoms with Crippen molar-refractivity contribution < 1.29 is 8.91 Å². The van der Waals surface area contributed by atoms with Crippen molar-refractivity contribution in [2.45, 2.75) is 6.54 Å². The monoisotopic (exact) mass is 320 g/mol. The van der Waals surface area contributed by atoms with E-state index >= 15 is 0 Å². The summed E-state index contributed by atoms with van der Waals surface area (Å²) in [5.41, 5.74) is 3.18. The zero-order chi connectivity index (χ0) is 16.4. The molecule has 6 heteroatoms. The van der Waals surface area contributed by atoms with Crippen LogP contribution in [-0.4, -0.2) is 15.1 Å². The van der Waals surface area contributed by atoms with Crippen molar-refractivity contribution in [2.75, 3.05) is 5.32 Å². The van der Waals surface area contributed by atoms with Gasteiger partial charge in [-0.25, -0.2) is 14.4 Å². The van der Waals surface area contributed by atoms with Crippen LogP contribution < -0.4 is 5.32 Å². The Morgan fingerprint density at radius 3 is 2.58 bits per heavy atom. The number of halogens is 1. The Morgan fingerprint density at radius 1 is 0.958 bits per heavy atom. The highest BCUT2D eigenvalue weighted by Crippen LogP contribution is 2.29. The first kappa shape index (κ1) is 14.3. The van der Waals surface area contributed by atoms with Gasteiger partial charge in [0.15, 0.2) is 5.82 Å². The molecule has 5 nitrogen and oxygen atoms in total. The Morgan fingerprint density at radius 2 is 1.75 bits per heavy atom. The molecule has 0 spiro atoms. The lowest BCUT2D eigenvalue weighted by Gasteiger charge is -2.06. The van der Waals surface area contributed by atoms with Gasteiger partial charge in [0.25, 0.3) is 0 Å². The molecule has 0 saturated carbocycles. The minimum atomic E-state index is -0.266. The van der Waals surface area contributed by atoms with Gasteiger partial charge in [0.2, 0.25) is 5.58 Å². The number of benzene rings is 2. The molecule has 0 aliphatic carbocycles. The van der Waals surface area contributed by atoms with E-state index in [-0.39, 0.29) is 5.82 Å². The molecule has 0 fully saturated rings. The molecular formula is C18H13FN4O. The third kappa shape index (κ3) is 2.58. The topological polar surface area (TPSA) is 63.8 Å². The third-order valence-electron chi connectivity index (χ3n) is 3.71. The van der Waals surface area contributed by atoms with Crippen LogP contribution in [0.1, 0.15) is 5.56 Å². The maximum Gasteiger partial charge on any atom is 0.228 e. The number of hydrogen-bond donors (Lipinski definition) is 1. The quantitative estimate of drug-likeness (QED) is 0.615. The molecule has 4 rings (SSSR count). The maximum atomic E-state index is 13.7. The van der Waals surface area contributed by atoms with Crippen molar-refractivity contribution in [3.05, 3.63) is 72.3 Å². The maximum absolute atomic E-state index is 13.7. The van der Waals surface area contributed by atoms with E-state index in [1.54, 1.807) is 18.2 Å². The van der Waals surface area contributed by atoms with E-state index in [0.29, 0.717) is 34.7 Å². The number of hydrogen-bond acceptors (Lipinski definition) is 5. The fourth-order valence-electron chi connectivity index (χ4n) is 2.50. The molecular weight excluding hydrogens is 307 g/mol. The van der Waals surface area contributed by atoms with Gasteiger partial charge in [0, 0.05) is 17.7 Å². The standard InChI is InChI=1S/C18H13FN4O/c19-14-9-5-4-8-13(14)10-20-18-17-16(21-11-22-18)15(23-24-17)12-6-2-1-3-7-12/h1-9,11H,10H2,(H,20,21,22). The van der Waals surface area contributed by atoms with Crippen LogP contribution in [0.3, 0.4) is 0 Å². The number of nitrogens with zero attached hydrogens (tertiary/aromatic N) is 3. The summed E-state index contributed by atoms with van der Waals surface area (Å²) in [4.78, 5) is 8.45. The minimum Gasteiger partial charge on any atom is -0.363 e. The van der Waals surface area contributed by atoms with Crippen molar-refractivity contribution in [1.82, 2.24) is 15.1 Å². The van der Waals surface area contributed by atoms with E-state index in [9.17, 15) is 4.39 Å². The lowest BCUT2D eigenvalue weighted by Crippen LogP contribution is -2.03. The molecule has 0 atom stereocenters. The number of aromatic nitrogens is 3. The molecule has 0 aliphatic rings. The fourth-order valence-corrected chi connectivity index (χ4v) is 2.50. The molecule has 2 aromatic heterocycles. The second-order valence-corrected chi connectivity index (χ2v) is 5.24. The summed E-state index contributed by atoms with van der Waals surface area (Å²) in [5, 5.41) is 7.19. The summed E-state index contributed by atoms with van der Waals surface area (Å²) in [6, 6.07) is 16.2. The molecule has 4 aromatic rings. The van der Waals surface area contributed by atoms with Crippen molar-refractivity contribution in [3.63, 3.8) is 0 Å². The van der Waals surface area contributed by atoms with Crippen molar-refractivity contribution in [3.8, 4) is 11.3 Å². The molecule has 0 radical (unpaired) electrons. The third-order valence-corrected chi connectivity index (χ3v) is 3.71. The van der Waals surface area contributed by atoms with Gasteiger partial charge in [-0.1, -0.05) is 53.7 Å². The van der Waals surface area contributed by atoms with E-state index in [2.05, 4.69) is 20.4 Å². The van der Waals surface area contributed by atoms with Crippen LogP contribution in [0.5, 0.6) is 0 Å². The first-order chi connectivity index (χ1) is 11.8. The molecule has 118 valence electrons. The normalized spacial score (nSPS) is 10.9. The van der Waals surface area contributed by atoms with Crippen LogP contribution in [-0.2, 0) is 6.54 Å². The SMILES string of the molecule is Fc1ccccc1CNc1ncnc2c(-c3ccccc3)noc12. The molecule has 0 unspecified atom stereocenters. The fraction of sp³-hybridized carbons (Fsp3) is 0.0556. The van der Waals surface area contributed by atoms with Gasteiger partial charge < -0.3 is 9.84 Å². The van der Waals surface area contributed by atoms with Gasteiger partial charge in [0.05, 0.1) is 0 Å². The molecule has 0 amide bonds. The summed E-state index contributed by atoms with van der Waals surface area (Å²) in [5.74, 6) is 0.218. The molecule has 1 N–H and O–H groups in total. The molecule has 0 aliphatic heterocycles. The minimum absolute atomic E-state index is 0.266. The van der Waals surface area contributed by atoms with Crippen LogP contribution in [0.15, 0.2) is 65.4 Å². The van der Waals surface area contributed by atoms with Crippen LogP contribution in [0.2, 0.25) is 0 Å². The predicted octanol–water partition coefficient (Wildman–Crippen LogP) is 4.04.